The number of thiophene rings is 1. The molecule has 0 amide bonds. The Hall–Kier alpha value is -3.00. The van der Waals surface area contributed by atoms with Crippen molar-refractivity contribution in [2.45, 2.75) is 26.4 Å². The summed E-state index contributed by atoms with van der Waals surface area (Å²) in [6.45, 7) is 4.77. The average Bonchev–Trinajstić information content (AvgIpc) is 3.50. The maximum Gasteiger partial charge on any atom is 0.258 e. The highest BCUT2D eigenvalue weighted by atomic mass is 35.5. The van der Waals surface area contributed by atoms with Gasteiger partial charge in [-0.1, -0.05) is 64.8 Å². The summed E-state index contributed by atoms with van der Waals surface area (Å²) in [4.78, 5) is 7.78. The molecule has 4 aromatic rings. The van der Waals surface area contributed by atoms with Gasteiger partial charge in [-0.3, -0.25) is 0 Å². The van der Waals surface area contributed by atoms with Crippen molar-refractivity contribution in [3.8, 4) is 10.7 Å². The van der Waals surface area contributed by atoms with Crippen molar-refractivity contribution in [1.82, 2.24) is 20.4 Å². The van der Waals surface area contributed by atoms with Gasteiger partial charge in [0.1, 0.15) is 0 Å². The van der Waals surface area contributed by atoms with E-state index in [0.29, 0.717) is 28.4 Å². The highest BCUT2D eigenvalue weighted by Crippen LogP contribution is 2.38. The molecule has 166 valence electrons. The minimum absolute atomic E-state index is 0.235. The van der Waals surface area contributed by atoms with Gasteiger partial charge in [0, 0.05) is 17.3 Å². The highest BCUT2D eigenvalue weighted by Gasteiger charge is 2.34. The number of thiocarbonyl (C=S) groups is 1. The van der Waals surface area contributed by atoms with E-state index in [2.05, 4.69) is 53.5 Å². The highest BCUT2D eigenvalue weighted by molar-refractivity contribution is 7.80. The molecule has 0 aliphatic carbocycles. The van der Waals surface area contributed by atoms with E-state index in [1.54, 1.807) is 11.3 Å². The smallest absolute Gasteiger partial charge is 0.258 e. The fourth-order valence-corrected chi connectivity index (χ4v) is 4.96. The molecule has 0 radical (unpaired) electrons. The second-order valence-corrected chi connectivity index (χ2v) is 9.68. The van der Waals surface area contributed by atoms with Crippen molar-refractivity contribution in [3.05, 3.63) is 99.3 Å². The Bertz CT molecular complexity index is 1310. The Kier molecular flexibility index (Phi) is 6.01. The molecule has 8 heteroatoms. The van der Waals surface area contributed by atoms with Crippen molar-refractivity contribution >= 4 is 45.8 Å². The van der Waals surface area contributed by atoms with Crippen molar-refractivity contribution in [1.29, 1.82) is 0 Å². The number of nitrogens with one attached hydrogen (secondary N) is 1. The Morgan fingerprint density at radius 1 is 1.09 bits per heavy atom. The van der Waals surface area contributed by atoms with Crippen LogP contribution in [-0.2, 0) is 6.54 Å². The van der Waals surface area contributed by atoms with Gasteiger partial charge in [-0.25, -0.2) is 0 Å². The van der Waals surface area contributed by atoms with Crippen LogP contribution in [0.2, 0.25) is 5.02 Å². The van der Waals surface area contributed by atoms with E-state index in [0.717, 1.165) is 27.3 Å². The molecule has 5 nitrogen and oxygen atoms in total. The van der Waals surface area contributed by atoms with E-state index >= 15 is 0 Å². The largest absolute Gasteiger partial charge is 0.351 e. The third-order valence-electron chi connectivity index (χ3n) is 5.66. The molecule has 0 bridgehead atoms. The molecule has 1 aliphatic rings. The fourth-order valence-electron chi connectivity index (χ4n) is 3.87. The molecule has 2 aromatic carbocycles. The third kappa shape index (κ3) is 4.44. The summed E-state index contributed by atoms with van der Waals surface area (Å²) in [6, 6.07) is 19.9. The first kappa shape index (κ1) is 21.8. The number of aryl methyl sites for hydroxylation is 1. The first-order valence-electron chi connectivity index (χ1n) is 10.5. The molecule has 3 heterocycles. The van der Waals surface area contributed by atoms with E-state index in [4.69, 9.17) is 33.3 Å². The number of allylic oxidation sites excluding steroid dienone is 1. The molecule has 0 spiro atoms. The molecule has 1 unspecified atom stereocenters. The van der Waals surface area contributed by atoms with Crippen LogP contribution < -0.4 is 5.32 Å². The van der Waals surface area contributed by atoms with Gasteiger partial charge in [0.2, 0.25) is 5.82 Å². The van der Waals surface area contributed by atoms with E-state index in [1.807, 2.05) is 41.8 Å². The van der Waals surface area contributed by atoms with Crippen molar-refractivity contribution in [2.75, 3.05) is 0 Å². The standard InChI is InChI=1S/C25H21ClN4OS2/c1-15-5-7-17(8-6-15)14-30-16(2)21(24-28-23(29-31-24)20-4-3-13-33-20)22(27-25(30)32)18-9-11-19(26)12-10-18/h3-13,22H,14H2,1-2H3,(H,27,32). The summed E-state index contributed by atoms with van der Waals surface area (Å²) in [5, 5.41) is 11.0. The van der Waals surface area contributed by atoms with Gasteiger partial charge in [0.05, 0.1) is 16.5 Å². The van der Waals surface area contributed by atoms with Gasteiger partial charge >= 0.3 is 0 Å². The molecular formula is C25H21ClN4OS2. The van der Waals surface area contributed by atoms with Crippen LogP contribution in [-0.4, -0.2) is 20.2 Å². The summed E-state index contributed by atoms with van der Waals surface area (Å²) >= 11 is 13.5. The monoisotopic (exact) mass is 492 g/mol. The van der Waals surface area contributed by atoms with Crippen molar-refractivity contribution in [2.24, 2.45) is 0 Å². The Morgan fingerprint density at radius 3 is 2.55 bits per heavy atom. The predicted octanol–water partition coefficient (Wildman–Crippen LogP) is 6.62. The Labute approximate surface area is 206 Å². The summed E-state index contributed by atoms with van der Waals surface area (Å²) in [7, 11) is 0. The minimum Gasteiger partial charge on any atom is -0.351 e. The van der Waals surface area contributed by atoms with Crippen LogP contribution in [0, 0.1) is 6.92 Å². The number of halogens is 1. The summed E-state index contributed by atoms with van der Waals surface area (Å²) in [6.07, 6.45) is 0. The van der Waals surface area contributed by atoms with Crippen LogP contribution in [0.1, 0.15) is 35.5 Å². The van der Waals surface area contributed by atoms with Crippen LogP contribution in [0.4, 0.5) is 0 Å². The van der Waals surface area contributed by atoms with Gasteiger partial charge in [-0.05, 0) is 60.8 Å². The lowest BCUT2D eigenvalue weighted by atomic mass is 9.94. The van der Waals surface area contributed by atoms with E-state index in [9.17, 15) is 0 Å². The van der Waals surface area contributed by atoms with Gasteiger partial charge in [-0.15, -0.1) is 11.3 Å². The zero-order chi connectivity index (χ0) is 22.9. The molecule has 5 rings (SSSR count). The first-order chi connectivity index (χ1) is 16.0. The molecule has 0 saturated heterocycles. The second kappa shape index (κ2) is 9.09. The van der Waals surface area contributed by atoms with E-state index in [-0.39, 0.29) is 6.04 Å². The van der Waals surface area contributed by atoms with Crippen molar-refractivity contribution in [3.63, 3.8) is 0 Å². The number of nitrogens with zero attached hydrogens (tertiary/aromatic N) is 3. The SMILES string of the molecule is CC1=C(c2nc(-c3cccs3)no2)C(c2ccc(Cl)cc2)NC(=S)N1Cc1ccc(C)cc1. The Morgan fingerprint density at radius 2 is 1.85 bits per heavy atom. The predicted molar refractivity (Wildman–Crippen MR) is 137 cm³/mol. The first-order valence-corrected chi connectivity index (χ1v) is 12.1. The van der Waals surface area contributed by atoms with Crippen molar-refractivity contribution < 1.29 is 4.52 Å². The van der Waals surface area contributed by atoms with Crippen LogP contribution in [0.15, 0.2) is 76.3 Å². The third-order valence-corrected chi connectivity index (χ3v) is 7.11. The van der Waals surface area contributed by atoms with Crippen LogP contribution >= 0.6 is 35.2 Å². The number of hydrogen-bond acceptors (Lipinski definition) is 5. The molecule has 2 aromatic heterocycles. The topological polar surface area (TPSA) is 54.2 Å². The van der Waals surface area contributed by atoms with E-state index < -0.39 is 0 Å². The number of benzene rings is 2. The maximum absolute atomic E-state index is 6.14. The summed E-state index contributed by atoms with van der Waals surface area (Å²) in [5.41, 5.74) is 5.27. The quantitative estimate of drug-likeness (QED) is 0.316. The van der Waals surface area contributed by atoms with Crippen LogP contribution in [0.25, 0.3) is 16.3 Å². The lowest BCUT2D eigenvalue weighted by molar-refractivity contribution is 0.396. The normalized spacial score (nSPS) is 16.3. The lowest BCUT2D eigenvalue weighted by Gasteiger charge is -2.37. The van der Waals surface area contributed by atoms with Crippen LogP contribution in [0.5, 0.6) is 0 Å². The number of rotatable bonds is 5. The molecule has 0 fully saturated rings. The van der Waals surface area contributed by atoms with E-state index in [1.165, 1.54) is 5.56 Å². The minimum atomic E-state index is -0.235. The lowest BCUT2D eigenvalue weighted by Crippen LogP contribution is -2.45. The Balaban J connectivity index is 1.59. The molecule has 1 aliphatic heterocycles. The number of hydrogen-bond donors (Lipinski definition) is 1. The molecule has 33 heavy (non-hydrogen) atoms. The van der Waals surface area contributed by atoms with Crippen LogP contribution in [0.3, 0.4) is 0 Å². The zero-order valence-corrected chi connectivity index (χ0v) is 20.5. The zero-order valence-electron chi connectivity index (χ0n) is 18.1. The molecule has 1 N–H and O–H groups in total. The summed E-state index contributed by atoms with van der Waals surface area (Å²) in [5.74, 6) is 1.05. The summed E-state index contributed by atoms with van der Waals surface area (Å²) < 4.78 is 5.78. The maximum atomic E-state index is 6.14. The van der Waals surface area contributed by atoms with Gasteiger partial charge in [0.15, 0.2) is 5.11 Å². The molecular weight excluding hydrogens is 472 g/mol. The number of aromatic nitrogens is 2. The van der Waals surface area contributed by atoms with Gasteiger partial charge < -0.3 is 14.7 Å². The molecule has 0 saturated carbocycles. The average molecular weight is 493 g/mol. The van der Waals surface area contributed by atoms with Gasteiger partial charge in [-0.2, -0.15) is 4.98 Å². The molecule has 1 atom stereocenters. The second-order valence-electron chi connectivity index (χ2n) is 7.91. The van der Waals surface area contributed by atoms with Gasteiger partial charge in [0.25, 0.3) is 5.89 Å². The fraction of sp³-hybridized carbons (Fsp3) is 0.160.